The van der Waals surface area contributed by atoms with Gasteiger partial charge in [-0.2, -0.15) is 0 Å². The summed E-state index contributed by atoms with van der Waals surface area (Å²) in [5.41, 5.74) is 5.20. The normalized spacial score (nSPS) is 21.5. The van der Waals surface area contributed by atoms with Crippen molar-refractivity contribution in [1.29, 1.82) is 0 Å². The largest absolute Gasteiger partial charge is 0.493 e. The second kappa shape index (κ2) is 9.63. The summed E-state index contributed by atoms with van der Waals surface area (Å²) in [7, 11) is 0. The van der Waals surface area contributed by atoms with Crippen LogP contribution in [0.5, 0.6) is 5.75 Å². The zero-order chi connectivity index (χ0) is 20.9. The van der Waals surface area contributed by atoms with E-state index in [0.717, 1.165) is 57.9 Å². The number of nitrogens with one attached hydrogen (secondary N) is 3. The second-order valence-electron chi connectivity index (χ2n) is 8.83. The highest BCUT2D eigenvalue weighted by atomic mass is 16.5. The van der Waals surface area contributed by atoms with Crippen molar-refractivity contribution >= 4 is 5.91 Å². The third kappa shape index (κ3) is 5.21. The maximum atomic E-state index is 12.7. The minimum absolute atomic E-state index is 0.105. The number of benzene rings is 2. The minimum Gasteiger partial charge on any atom is -0.493 e. The van der Waals surface area contributed by atoms with E-state index < -0.39 is 0 Å². The predicted octanol–water partition coefficient (Wildman–Crippen LogP) is 0.481. The summed E-state index contributed by atoms with van der Waals surface area (Å²) in [6.07, 6.45) is 1.95. The van der Waals surface area contributed by atoms with Crippen molar-refractivity contribution in [3.8, 4) is 5.75 Å². The predicted molar refractivity (Wildman–Crippen MR) is 118 cm³/mol. The number of fused-ring (bicyclic) bond motifs is 1. The molecule has 30 heavy (non-hydrogen) atoms. The molecule has 0 unspecified atom stereocenters. The molecule has 5 nitrogen and oxygen atoms in total. The van der Waals surface area contributed by atoms with Crippen LogP contribution < -0.4 is 19.9 Å². The topological polar surface area (TPSA) is 47.2 Å². The lowest BCUT2D eigenvalue weighted by molar-refractivity contribution is -1.02. The second-order valence-corrected chi connectivity index (χ2v) is 8.83. The van der Waals surface area contributed by atoms with Gasteiger partial charge in [-0.15, -0.1) is 0 Å². The Morgan fingerprint density at radius 1 is 1.07 bits per heavy atom. The molecule has 0 aromatic heterocycles. The van der Waals surface area contributed by atoms with Crippen LogP contribution in [0.1, 0.15) is 41.6 Å². The summed E-state index contributed by atoms with van der Waals surface area (Å²) in [5, 5.41) is 3.25. The van der Waals surface area contributed by atoms with Crippen LogP contribution in [-0.2, 0) is 17.8 Å². The standard InChI is InChI=1S/C25H33N3O2/c1-3-23(21-7-4-19(2)5-8-21)26-25(29)18-28-13-11-27(12-14-28)17-20-6-9-24-22(16-20)10-15-30-24/h4-9,16,23H,3,10-15,17-18H2,1-2H3,(H,26,29)/p+2/t23-/m1/s1. The number of piperazine rings is 1. The first kappa shape index (κ1) is 20.9. The van der Waals surface area contributed by atoms with Crippen LogP contribution in [-0.4, -0.2) is 45.2 Å². The van der Waals surface area contributed by atoms with Crippen LogP contribution in [0.2, 0.25) is 0 Å². The smallest absolute Gasteiger partial charge is 0.275 e. The van der Waals surface area contributed by atoms with Crippen molar-refractivity contribution < 1.29 is 19.3 Å². The number of rotatable bonds is 7. The Hall–Kier alpha value is -2.37. The Bertz CT molecular complexity index is 857. The molecule has 2 aromatic carbocycles. The summed E-state index contributed by atoms with van der Waals surface area (Å²) in [6, 6.07) is 15.2. The fraction of sp³-hybridized carbons (Fsp3) is 0.480. The molecule has 2 heterocycles. The number of amides is 1. The average Bonchev–Trinajstić information content (AvgIpc) is 3.22. The van der Waals surface area contributed by atoms with Crippen LogP contribution >= 0.6 is 0 Å². The molecule has 0 bridgehead atoms. The molecule has 0 spiro atoms. The molecule has 1 saturated heterocycles. The SMILES string of the molecule is CC[C@@H](NC(=O)C[NH+]1CC[NH+](Cc2ccc3c(c2)CCO3)CC1)c1ccc(C)cc1. The van der Waals surface area contributed by atoms with Gasteiger partial charge in [0.2, 0.25) is 0 Å². The van der Waals surface area contributed by atoms with Crippen LogP contribution in [0.15, 0.2) is 42.5 Å². The van der Waals surface area contributed by atoms with E-state index in [1.807, 2.05) is 0 Å². The third-order valence-corrected chi connectivity index (χ3v) is 6.51. The van der Waals surface area contributed by atoms with Gasteiger partial charge in [0.15, 0.2) is 6.54 Å². The number of carbonyl (C=O) groups excluding carboxylic acids is 1. The van der Waals surface area contributed by atoms with Gasteiger partial charge in [-0.3, -0.25) is 4.79 Å². The number of ether oxygens (including phenoxy) is 1. The van der Waals surface area contributed by atoms with Crippen LogP contribution in [0.4, 0.5) is 0 Å². The van der Waals surface area contributed by atoms with Crippen molar-refractivity contribution in [1.82, 2.24) is 5.32 Å². The lowest BCUT2D eigenvalue weighted by Gasteiger charge is -2.30. The van der Waals surface area contributed by atoms with E-state index in [2.05, 4.69) is 61.6 Å². The Balaban J connectivity index is 1.23. The zero-order valence-corrected chi connectivity index (χ0v) is 18.3. The number of carbonyl (C=O) groups is 1. The molecule has 0 aliphatic carbocycles. The maximum absolute atomic E-state index is 12.7. The molecule has 160 valence electrons. The number of hydrogen-bond donors (Lipinski definition) is 3. The average molecular weight is 410 g/mol. The lowest BCUT2D eigenvalue weighted by Crippen LogP contribution is -3.28. The zero-order valence-electron chi connectivity index (χ0n) is 18.3. The van der Waals surface area contributed by atoms with Crippen LogP contribution in [0.3, 0.4) is 0 Å². The van der Waals surface area contributed by atoms with Gasteiger partial charge in [0.25, 0.3) is 5.91 Å². The van der Waals surface area contributed by atoms with Gasteiger partial charge in [-0.05, 0) is 42.7 Å². The fourth-order valence-electron chi connectivity index (χ4n) is 4.64. The van der Waals surface area contributed by atoms with Crippen molar-refractivity contribution in [3.05, 3.63) is 64.7 Å². The quantitative estimate of drug-likeness (QED) is 0.623. The van der Waals surface area contributed by atoms with E-state index in [1.54, 1.807) is 4.90 Å². The van der Waals surface area contributed by atoms with Crippen molar-refractivity contribution in [2.24, 2.45) is 0 Å². The highest BCUT2D eigenvalue weighted by Gasteiger charge is 2.26. The molecule has 3 N–H and O–H groups in total. The van der Waals surface area contributed by atoms with Gasteiger partial charge in [0, 0.05) is 12.0 Å². The first-order valence-electron chi connectivity index (χ1n) is 11.4. The minimum atomic E-state index is 0.105. The fourth-order valence-corrected chi connectivity index (χ4v) is 4.64. The molecule has 0 saturated carbocycles. The summed E-state index contributed by atoms with van der Waals surface area (Å²) in [6.45, 7) is 11.0. The van der Waals surface area contributed by atoms with E-state index in [4.69, 9.17) is 4.74 Å². The molecule has 2 aromatic rings. The van der Waals surface area contributed by atoms with E-state index in [9.17, 15) is 4.79 Å². The van der Waals surface area contributed by atoms with E-state index in [0.29, 0.717) is 6.54 Å². The van der Waals surface area contributed by atoms with Crippen LogP contribution in [0.25, 0.3) is 0 Å². The molecule has 1 amide bonds. The van der Waals surface area contributed by atoms with Gasteiger partial charge in [0.1, 0.15) is 38.5 Å². The molecular weight excluding hydrogens is 374 g/mol. The number of quaternary nitrogens is 2. The first-order chi connectivity index (χ1) is 14.6. The van der Waals surface area contributed by atoms with Gasteiger partial charge >= 0.3 is 0 Å². The highest BCUT2D eigenvalue weighted by Crippen LogP contribution is 2.25. The van der Waals surface area contributed by atoms with Gasteiger partial charge < -0.3 is 19.9 Å². The monoisotopic (exact) mass is 409 g/mol. The number of hydrogen-bond acceptors (Lipinski definition) is 2. The lowest BCUT2D eigenvalue weighted by atomic mass is 10.0. The Morgan fingerprint density at radius 3 is 2.53 bits per heavy atom. The molecule has 1 fully saturated rings. The molecule has 2 aliphatic rings. The first-order valence-corrected chi connectivity index (χ1v) is 11.4. The van der Waals surface area contributed by atoms with Gasteiger partial charge in [0.05, 0.1) is 12.6 Å². The number of aryl methyl sites for hydroxylation is 1. The van der Waals surface area contributed by atoms with E-state index in [-0.39, 0.29) is 11.9 Å². The van der Waals surface area contributed by atoms with E-state index >= 15 is 0 Å². The Labute approximate surface area is 180 Å². The van der Waals surface area contributed by atoms with Crippen molar-refractivity contribution in [2.75, 3.05) is 39.3 Å². The van der Waals surface area contributed by atoms with Crippen LogP contribution in [0, 0.1) is 6.92 Å². The Kier molecular flexibility index (Phi) is 6.70. The molecule has 1 atom stereocenters. The Morgan fingerprint density at radius 2 is 1.80 bits per heavy atom. The van der Waals surface area contributed by atoms with Crippen molar-refractivity contribution in [3.63, 3.8) is 0 Å². The van der Waals surface area contributed by atoms with Crippen molar-refractivity contribution in [2.45, 2.75) is 39.3 Å². The maximum Gasteiger partial charge on any atom is 0.275 e. The van der Waals surface area contributed by atoms with Gasteiger partial charge in [-0.1, -0.05) is 36.8 Å². The summed E-state index contributed by atoms with van der Waals surface area (Å²) in [4.78, 5) is 15.7. The molecule has 4 rings (SSSR count). The highest BCUT2D eigenvalue weighted by molar-refractivity contribution is 5.77. The van der Waals surface area contributed by atoms with E-state index in [1.165, 1.54) is 27.2 Å². The molecular formula is C25H35N3O2+2. The molecule has 2 aliphatic heterocycles. The summed E-state index contributed by atoms with van der Waals surface area (Å²) in [5.74, 6) is 1.23. The summed E-state index contributed by atoms with van der Waals surface area (Å²) < 4.78 is 5.62. The third-order valence-electron chi connectivity index (χ3n) is 6.51. The van der Waals surface area contributed by atoms with Gasteiger partial charge in [-0.25, -0.2) is 0 Å². The summed E-state index contributed by atoms with van der Waals surface area (Å²) >= 11 is 0. The molecule has 5 heteroatoms. The molecule has 0 radical (unpaired) electrons.